The highest BCUT2D eigenvalue weighted by molar-refractivity contribution is 5.81. The number of fused-ring (bicyclic) bond motifs is 1. The molecule has 0 amide bonds. The molecule has 4 heteroatoms. The van der Waals surface area contributed by atoms with Crippen LogP contribution < -0.4 is 5.90 Å². The first-order chi connectivity index (χ1) is 7.27. The summed E-state index contributed by atoms with van der Waals surface area (Å²) in [5.74, 6) is 4.83. The molecule has 1 aromatic carbocycles. The van der Waals surface area contributed by atoms with Crippen molar-refractivity contribution in [2.45, 2.75) is 20.1 Å². The van der Waals surface area contributed by atoms with Crippen molar-refractivity contribution < 1.29 is 9.23 Å². The number of nitrogens with zero attached hydrogens (tertiary/aromatic N) is 1. The molecule has 0 saturated heterocycles. The van der Waals surface area contributed by atoms with Crippen LogP contribution in [0.5, 0.6) is 0 Å². The monoisotopic (exact) mass is 208 g/mol. The van der Waals surface area contributed by atoms with Crippen LogP contribution in [0.1, 0.15) is 12.6 Å². The third-order valence-corrected chi connectivity index (χ3v) is 2.53. The Bertz CT molecular complexity index is 479. The van der Waals surface area contributed by atoms with E-state index in [-0.39, 0.29) is 5.82 Å². The maximum atomic E-state index is 13.5. The maximum absolute atomic E-state index is 13.5. The van der Waals surface area contributed by atoms with Crippen LogP contribution in [-0.4, -0.2) is 4.57 Å². The van der Waals surface area contributed by atoms with Gasteiger partial charge in [-0.2, -0.15) is 0 Å². The van der Waals surface area contributed by atoms with Gasteiger partial charge in [0.25, 0.3) is 0 Å². The average molecular weight is 208 g/mol. The lowest BCUT2D eigenvalue weighted by molar-refractivity contribution is 0.119. The minimum Gasteiger partial charge on any atom is -0.343 e. The lowest BCUT2D eigenvalue weighted by Gasteiger charge is -2.06. The maximum Gasteiger partial charge on any atom is 0.132 e. The molecule has 1 aromatic heterocycles. The van der Waals surface area contributed by atoms with E-state index in [1.807, 2.05) is 17.6 Å². The number of aryl methyl sites for hydroxylation is 1. The highest BCUT2D eigenvalue weighted by atomic mass is 19.1. The Labute approximate surface area is 87.2 Å². The molecule has 0 aliphatic rings. The Balaban J connectivity index is 2.67. The summed E-state index contributed by atoms with van der Waals surface area (Å²) < 4.78 is 15.5. The van der Waals surface area contributed by atoms with Crippen molar-refractivity contribution in [2.75, 3.05) is 0 Å². The van der Waals surface area contributed by atoms with Crippen molar-refractivity contribution in [1.29, 1.82) is 0 Å². The molecule has 2 rings (SSSR count). The molecule has 0 saturated carbocycles. The molecule has 0 bridgehead atoms. The van der Waals surface area contributed by atoms with E-state index in [4.69, 9.17) is 5.90 Å². The van der Waals surface area contributed by atoms with Gasteiger partial charge in [0.05, 0.1) is 5.52 Å². The van der Waals surface area contributed by atoms with E-state index in [0.29, 0.717) is 12.0 Å². The van der Waals surface area contributed by atoms with Gasteiger partial charge < -0.3 is 4.57 Å². The smallest absolute Gasteiger partial charge is 0.132 e. The van der Waals surface area contributed by atoms with Crippen LogP contribution in [0.3, 0.4) is 0 Å². The Morgan fingerprint density at radius 2 is 2.27 bits per heavy atom. The fourth-order valence-electron chi connectivity index (χ4n) is 1.88. The highest BCUT2D eigenvalue weighted by Gasteiger charge is 2.09. The molecular formula is C11H13FN2O. The van der Waals surface area contributed by atoms with E-state index in [0.717, 1.165) is 17.8 Å². The number of nitrogens with two attached hydrogens (primary N) is 1. The fraction of sp³-hybridized carbons (Fsp3) is 0.273. The van der Waals surface area contributed by atoms with E-state index >= 15 is 0 Å². The zero-order chi connectivity index (χ0) is 10.8. The Morgan fingerprint density at radius 1 is 1.47 bits per heavy atom. The zero-order valence-corrected chi connectivity index (χ0v) is 8.53. The number of hydrogen-bond donors (Lipinski definition) is 1. The number of halogens is 1. The molecule has 80 valence electrons. The minimum absolute atomic E-state index is 0.210. The highest BCUT2D eigenvalue weighted by Crippen LogP contribution is 2.22. The molecule has 0 aliphatic carbocycles. The molecule has 0 radical (unpaired) electrons. The second kappa shape index (κ2) is 4.00. The summed E-state index contributed by atoms with van der Waals surface area (Å²) >= 11 is 0. The molecule has 0 fully saturated rings. The molecule has 2 N–H and O–H groups in total. The Morgan fingerprint density at radius 3 is 2.93 bits per heavy atom. The normalized spacial score (nSPS) is 11.1. The van der Waals surface area contributed by atoms with Crippen molar-refractivity contribution in [3.05, 3.63) is 35.8 Å². The number of aromatic nitrogens is 1. The summed E-state index contributed by atoms with van der Waals surface area (Å²) in [5, 5.41) is 0.617. The van der Waals surface area contributed by atoms with Gasteiger partial charge in [0.15, 0.2) is 0 Å². The van der Waals surface area contributed by atoms with Crippen LogP contribution in [0.2, 0.25) is 0 Å². The van der Waals surface area contributed by atoms with Gasteiger partial charge in [-0.15, -0.1) is 0 Å². The lowest BCUT2D eigenvalue weighted by atomic mass is 10.2. The first kappa shape index (κ1) is 10.1. The molecule has 0 spiro atoms. The van der Waals surface area contributed by atoms with Gasteiger partial charge in [0.2, 0.25) is 0 Å². The first-order valence-electron chi connectivity index (χ1n) is 4.86. The first-order valence-corrected chi connectivity index (χ1v) is 4.86. The third kappa shape index (κ3) is 1.62. The lowest BCUT2D eigenvalue weighted by Crippen LogP contribution is -2.05. The second-order valence-electron chi connectivity index (χ2n) is 3.36. The standard InChI is InChI=1S/C11H13FN2O/c1-2-14-8(7-15-13)6-9-10(12)4-3-5-11(9)14/h3-6H,2,7,13H2,1H3. The summed E-state index contributed by atoms with van der Waals surface area (Å²) in [4.78, 5) is 4.60. The SMILES string of the molecule is CCn1c(CON)cc2c(F)cccc21. The number of benzene rings is 1. The van der Waals surface area contributed by atoms with Crippen LogP contribution in [-0.2, 0) is 18.0 Å². The summed E-state index contributed by atoms with van der Waals surface area (Å²) in [6.07, 6.45) is 0. The summed E-state index contributed by atoms with van der Waals surface area (Å²) in [6, 6.07) is 6.83. The van der Waals surface area contributed by atoms with Crippen LogP contribution in [0.25, 0.3) is 10.9 Å². The Hall–Kier alpha value is -1.39. The van der Waals surface area contributed by atoms with Crippen LogP contribution in [0.4, 0.5) is 4.39 Å². The average Bonchev–Trinajstić information content (AvgIpc) is 2.58. The van der Waals surface area contributed by atoms with E-state index < -0.39 is 0 Å². The number of hydrogen-bond acceptors (Lipinski definition) is 2. The second-order valence-corrected chi connectivity index (χ2v) is 3.36. The molecule has 0 atom stereocenters. The van der Waals surface area contributed by atoms with Crippen molar-refractivity contribution >= 4 is 10.9 Å². The van der Waals surface area contributed by atoms with E-state index in [9.17, 15) is 4.39 Å². The molecule has 0 unspecified atom stereocenters. The summed E-state index contributed by atoms with van der Waals surface area (Å²) in [7, 11) is 0. The molecule has 0 aliphatic heterocycles. The molecule has 15 heavy (non-hydrogen) atoms. The van der Waals surface area contributed by atoms with E-state index in [1.165, 1.54) is 6.07 Å². The quantitative estimate of drug-likeness (QED) is 0.785. The van der Waals surface area contributed by atoms with Crippen molar-refractivity contribution in [3.63, 3.8) is 0 Å². The molecular weight excluding hydrogens is 195 g/mol. The van der Waals surface area contributed by atoms with Gasteiger partial charge in [0.1, 0.15) is 12.4 Å². The predicted molar refractivity (Wildman–Crippen MR) is 56.5 cm³/mol. The largest absolute Gasteiger partial charge is 0.343 e. The van der Waals surface area contributed by atoms with Gasteiger partial charge in [-0.25, -0.2) is 10.3 Å². The molecule has 3 nitrogen and oxygen atoms in total. The Kier molecular flexibility index (Phi) is 2.70. The predicted octanol–water partition coefficient (Wildman–Crippen LogP) is 2.19. The zero-order valence-electron chi connectivity index (χ0n) is 8.53. The van der Waals surface area contributed by atoms with Gasteiger partial charge in [-0.05, 0) is 25.1 Å². The van der Waals surface area contributed by atoms with Crippen LogP contribution in [0.15, 0.2) is 24.3 Å². The van der Waals surface area contributed by atoms with Crippen molar-refractivity contribution in [2.24, 2.45) is 5.90 Å². The molecule has 1 heterocycles. The van der Waals surface area contributed by atoms with Gasteiger partial charge >= 0.3 is 0 Å². The van der Waals surface area contributed by atoms with E-state index in [1.54, 1.807) is 12.1 Å². The number of rotatable bonds is 3. The van der Waals surface area contributed by atoms with Gasteiger partial charge in [-0.1, -0.05) is 6.07 Å². The van der Waals surface area contributed by atoms with Gasteiger partial charge in [0, 0.05) is 17.6 Å². The fourth-order valence-corrected chi connectivity index (χ4v) is 1.88. The van der Waals surface area contributed by atoms with Crippen molar-refractivity contribution in [1.82, 2.24) is 4.57 Å². The van der Waals surface area contributed by atoms with Crippen LogP contribution in [0, 0.1) is 5.82 Å². The molecule has 2 aromatic rings. The summed E-state index contributed by atoms with van der Waals surface area (Å²) in [6.45, 7) is 3.07. The summed E-state index contributed by atoms with van der Waals surface area (Å²) in [5.41, 5.74) is 1.77. The third-order valence-electron chi connectivity index (χ3n) is 2.53. The van der Waals surface area contributed by atoms with Crippen LogP contribution >= 0.6 is 0 Å². The van der Waals surface area contributed by atoms with E-state index in [2.05, 4.69) is 4.84 Å². The topological polar surface area (TPSA) is 40.2 Å². The minimum atomic E-state index is -0.210. The van der Waals surface area contributed by atoms with Gasteiger partial charge in [-0.3, -0.25) is 4.84 Å². The van der Waals surface area contributed by atoms with Crippen molar-refractivity contribution in [3.8, 4) is 0 Å².